The summed E-state index contributed by atoms with van der Waals surface area (Å²) in [7, 11) is 0. The minimum Gasteiger partial charge on any atom is -0.493 e. The van der Waals surface area contributed by atoms with Gasteiger partial charge in [-0.05, 0) is 36.0 Å². The molecule has 0 atom stereocenters. The molecule has 1 heterocycles. The van der Waals surface area contributed by atoms with Crippen LogP contribution in [0.2, 0.25) is 0 Å². The normalized spacial score (nSPS) is 11.9. The number of ether oxygens (including phenoxy) is 1. The van der Waals surface area contributed by atoms with Gasteiger partial charge in [0, 0.05) is 22.9 Å². The van der Waals surface area contributed by atoms with Crippen LogP contribution in [0.5, 0.6) is 5.75 Å². The summed E-state index contributed by atoms with van der Waals surface area (Å²) in [6, 6.07) is 7.25. The molecular formula is C11H10F3NOS. The van der Waals surface area contributed by atoms with Gasteiger partial charge in [0.15, 0.2) is 0 Å². The van der Waals surface area contributed by atoms with E-state index in [1.54, 1.807) is 18.3 Å². The van der Waals surface area contributed by atoms with E-state index in [-0.39, 0.29) is 24.1 Å². The topological polar surface area (TPSA) is 25.0 Å². The van der Waals surface area contributed by atoms with Crippen molar-refractivity contribution >= 4 is 22.7 Å². The van der Waals surface area contributed by atoms with Gasteiger partial charge in [0.1, 0.15) is 5.75 Å². The van der Waals surface area contributed by atoms with Crippen molar-refractivity contribution in [3.05, 3.63) is 30.5 Å². The molecule has 0 aliphatic heterocycles. The van der Waals surface area contributed by atoms with E-state index >= 15 is 0 Å². The molecule has 17 heavy (non-hydrogen) atoms. The first kappa shape index (κ1) is 12.2. The predicted octanol–water partition coefficient (Wildman–Crippen LogP) is 3.80. The Labute approximate surface area is 100 Å². The number of thioether (sulfide) groups is 1. The molecule has 0 saturated heterocycles. The number of halogens is 3. The van der Waals surface area contributed by atoms with Crippen LogP contribution in [0, 0.1) is 0 Å². The fourth-order valence-electron chi connectivity index (χ4n) is 1.44. The SMILES string of the molecule is FC(F)(F)SCCOc1ccc2[nH]ccc2c1. The molecule has 0 aliphatic rings. The second-order valence-corrected chi connectivity index (χ2v) is 4.53. The van der Waals surface area contributed by atoms with E-state index in [4.69, 9.17) is 4.74 Å². The molecule has 0 spiro atoms. The molecule has 6 heteroatoms. The highest BCUT2D eigenvalue weighted by atomic mass is 32.2. The highest BCUT2D eigenvalue weighted by molar-refractivity contribution is 8.00. The quantitative estimate of drug-likeness (QED) is 0.847. The second kappa shape index (κ2) is 4.91. The molecule has 0 saturated carbocycles. The minimum absolute atomic E-state index is 0.0418. The first-order valence-corrected chi connectivity index (χ1v) is 5.94. The van der Waals surface area contributed by atoms with Gasteiger partial charge in [0.25, 0.3) is 0 Å². The summed E-state index contributed by atoms with van der Waals surface area (Å²) in [5.74, 6) is 0.481. The lowest BCUT2D eigenvalue weighted by Gasteiger charge is -2.07. The van der Waals surface area contributed by atoms with Crippen LogP contribution >= 0.6 is 11.8 Å². The van der Waals surface area contributed by atoms with Gasteiger partial charge in [0.2, 0.25) is 0 Å². The molecule has 1 N–H and O–H groups in total. The van der Waals surface area contributed by atoms with Crippen molar-refractivity contribution in [2.45, 2.75) is 5.51 Å². The Balaban J connectivity index is 1.86. The fourth-order valence-corrected chi connectivity index (χ4v) is 1.84. The Morgan fingerprint density at radius 2 is 2.06 bits per heavy atom. The van der Waals surface area contributed by atoms with E-state index in [1.165, 1.54) is 0 Å². The van der Waals surface area contributed by atoms with Gasteiger partial charge >= 0.3 is 5.51 Å². The van der Waals surface area contributed by atoms with Gasteiger partial charge in [-0.3, -0.25) is 0 Å². The molecule has 0 radical (unpaired) electrons. The maximum atomic E-state index is 11.9. The number of H-pyrrole nitrogens is 1. The third-order valence-electron chi connectivity index (χ3n) is 2.14. The third-order valence-corrected chi connectivity index (χ3v) is 2.84. The van der Waals surface area contributed by atoms with Crippen molar-refractivity contribution < 1.29 is 17.9 Å². The number of alkyl halides is 3. The lowest BCUT2D eigenvalue weighted by molar-refractivity contribution is -0.0329. The van der Waals surface area contributed by atoms with Crippen molar-refractivity contribution in [2.24, 2.45) is 0 Å². The number of fused-ring (bicyclic) bond motifs is 1. The molecule has 1 aromatic heterocycles. The van der Waals surface area contributed by atoms with Gasteiger partial charge in [-0.1, -0.05) is 0 Å². The van der Waals surface area contributed by atoms with Crippen LogP contribution in [0.25, 0.3) is 10.9 Å². The van der Waals surface area contributed by atoms with Gasteiger partial charge in [-0.2, -0.15) is 13.2 Å². The molecule has 2 rings (SSSR count). The van der Waals surface area contributed by atoms with E-state index in [9.17, 15) is 13.2 Å². The van der Waals surface area contributed by atoms with Gasteiger partial charge in [-0.15, -0.1) is 0 Å². The van der Waals surface area contributed by atoms with Crippen LogP contribution in [0.3, 0.4) is 0 Å². The average Bonchev–Trinajstić information content (AvgIpc) is 2.70. The Morgan fingerprint density at radius 1 is 1.24 bits per heavy atom. The minimum atomic E-state index is -4.19. The zero-order valence-corrected chi connectivity index (χ0v) is 9.57. The summed E-state index contributed by atoms with van der Waals surface area (Å²) in [5, 5.41) is 0.978. The fraction of sp³-hybridized carbons (Fsp3) is 0.273. The maximum Gasteiger partial charge on any atom is 0.441 e. The van der Waals surface area contributed by atoms with E-state index in [2.05, 4.69) is 4.98 Å². The number of benzene rings is 1. The van der Waals surface area contributed by atoms with E-state index in [0.29, 0.717) is 5.75 Å². The summed E-state index contributed by atoms with van der Waals surface area (Å²) in [4.78, 5) is 3.03. The summed E-state index contributed by atoms with van der Waals surface area (Å²) < 4.78 is 40.8. The largest absolute Gasteiger partial charge is 0.493 e. The standard InChI is InChI=1S/C11H10F3NOS/c12-11(13,14)17-6-5-16-9-1-2-10-8(7-9)3-4-15-10/h1-4,7,15H,5-6H2. The zero-order valence-electron chi connectivity index (χ0n) is 8.75. The van der Waals surface area contributed by atoms with Crippen LogP contribution in [0.1, 0.15) is 0 Å². The zero-order chi connectivity index (χ0) is 12.3. The molecule has 2 aromatic rings. The van der Waals surface area contributed by atoms with Crippen molar-refractivity contribution in [2.75, 3.05) is 12.4 Å². The average molecular weight is 261 g/mol. The highest BCUT2D eigenvalue weighted by Gasteiger charge is 2.27. The predicted molar refractivity (Wildman–Crippen MR) is 62.3 cm³/mol. The summed E-state index contributed by atoms with van der Waals surface area (Å²) in [5.41, 5.74) is -3.21. The molecule has 0 bridgehead atoms. The maximum absolute atomic E-state index is 11.9. The summed E-state index contributed by atoms with van der Waals surface area (Å²) in [6.45, 7) is 0.0418. The Bertz CT molecular complexity index is 495. The molecule has 0 unspecified atom stereocenters. The monoisotopic (exact) mass is 261 g/mol. The third kappa shape index (κ3) is 3.59. The van der Waals surface area contributed by atoms with Crippen LogP contribution in [-0.4, -0.2) is 22.9 Å². The van der Waals surface area contributed by atoms with Crippen LogP contribution in [-0.2, 0) is 0 Å². The number of aromatic nitrogens is 1. The van der Waals surface area contributed by atoms with Crippen molar-refractivity contribution in [1.82, 2.24) is 4.98 Å². The van der Waals surface area contributed by atoms with Crippen molar-refractivity contribution in [3.63, 3.8) is 0 Å². The van der Waals surface area contributed by atoms with E-state index in [1.807, 2.05) is 12.1 Å². The molecular weight excluding hydrogens is 251 g/mol. The number of nitrogens with one attached hydrogen (secondary N) is 1. The van der Waals surface area contributed by atoms with E-state index < -0.39 is 5.51 Å². The smallest absolute Gasteiger partial charge is 0.441 e. The van der Waals surface area contributed by atoms with Crippen molar-refractivity contribution in [3.8, 4) is 5.75 Å². The lowest BCUT2D eigenvalue weighted by Crippen LogP contribution is -2.07. The Morgan fingerprint density at radius 3 is 2.82 bits per heavy atom. The number of rotatable bonds is 4. The molecule has 0 amide bonds. The first-order chi connectivity index (χ1) is 8.04. The first-order valence-electron chi connectivity index (χ1n) is 4.95. The van der Waals surface area contributed by atoms with Crippen LogP contribution in [0.4, 0.5) is 13.2 Å². The molecule has 2 nitrogen and oxygen atoms in total. The number of aromatic amines is 1. The molecule has 0 fully saturated rings. The molecule has 92 valence electrons. The Kier molecular flexibility index (Phi) is 3.51. The van der Waals surface area contributed by atoms with Gasteiger partial charge in [0.05, 0.1) is 6.61 Å². The van der Waals surface area contributed by atoms with E-state index in [0.717, 1.165) is 10.9 Å². The number of hydrogen-bond acceptors (Lipinski definition) is 2. The number of hydrogen-bond donors (Lipinski definition) is 1. The highest BCUT2D eigenvalue weighted by Crippen LogP contribution is 2.29. The Hall–Kier alpha value is -1.30. The van der Waals surface area contributed by atoms with Crippen molar-refractivity contribution in [1.29, 1.82) is 0 Å². The summed E-state index contributed by atoms with van der Waals surface area (Å²) in [6.07, 6.45) is 1.80. The summed E-state index contributed by atoms with van der Waals surface area (Å²) >= 11 is -0.0731. The second-order valence-electron chi connectivity index (χ2n) is 3.37. The van der Waals surface area contributed by atoms with Gasteiger partial charge < -0.3 is 9.72 Å². The molecule has 0 aliphatic carbocycles. The van der Waals surface area contributed by atoms with Crippen LogP contribution < -0.4 is 4.74 Å². The lowest BCUT2D eigenvalue weighted by atomic mass is 10.2. The molecule has 1 aromatic carbocycles. The van der Waals surface area contributed by atoms with Gasteiger partial charge in [-0.25, -0.2) is 0 Å². The van der Waals surface area contributed by atoms with Crippen LogP contribution in [0.15, 0.2) is 30.5 Å².